The van der Waals surface area contributed by atoms with Gasteiger partial charge in [0.25, 0.3) is 0 Å². The smallest absolute Gasteiger partial charge is 0.346 e. The monoisotopic (exact) mass is 381 g/mol. The fraction of sp³-hybridized carbons (Fsp3) is 0.273. The van der Waals surface area contributed by atoms with Gasteiger partial charge >= 0.3 is 5.97 Å². The van der Waals surface area contributed by atoms with Crippen LogP contribution in [0.4, 0.5) is 0 Å². The molecule has 0 spiro atoms. The summed E-state index contributed by atoms with van der Waals surface area (Å²) in [5.74, 6) is 0.464. The number of aryl methyl sites for hydroxylation is 1. The zero-order valence-electron chi connectivity index (χ0n) is 16.0. The van der Waals surface area contributed by atoms with Crippen LogP contribution >= 0.6 is 0 Å². The molecule has 0 aliphatic heterocycles. The Labute approximate surface area is 164 Å². The second-order valence-electron chi connectivity index (χ2n) is 5.98. The van der Waals surface area contributed by atoms with Gasteiger partial charge in [0.15, 0.2) is 11.5 Å². The van der Waals surface area contributed by atoms with Crippen LogP contribution in [0.2, 0.25) is 0 Å². The first-order valence-corrected chi connectivity index (χ1v) is 8.95. The van der Waals surface area contributed by atoms with Gasteiger partial charge in [0.2, 0.25) is 0 Å². The highest BCUT2D eigenvalue weighted by atomic mass is 16.5. The Hall–Kier alpha value is -3.46. The van der Waals surface area contributed by atoms with E-state index in [1.165, 1.54) is 18.7 Å². The van der Waals surface area contributed by atoms with Gasteiger partial charge in [-0.2, -0.15) is 5.26 Å². The lowest BCUT2D eigenvalue weighted by atomic mass is 10.1. The number of nitriles is 1. The number of rotatable bonds is 10. The van der Waals surface area contributed by atoms with Crippen LogP contribution in [0.5, 0.6) is 17.2 Å². The van der Waals surface area contributed by atoms with Gasteiger partial charge in [-0.3, -0.25) is 0 Å². The molecule has 0 amide bonds. The van der Waals surface area contributed by atoms with Gasteiger partial charge in [-0.15, -0.1) is 0 Å². The summed E-state index contributed by atoms with van der Waals surface area (Å²) >= 11 is 0. The summed E-state index contributed by atoms with van der Waals surface area (Å²) < 4.78 is 16.7. The summed E-state index contributed by atoms with van der Waals surface area (Å²) in [6.07, 6.45) is 3.44. The van der Waals surface area contributed by atoms with Crippen molar-refractivity contribution in [3.8, 4) is 23.3 Å². The highest BCUT2D eigenvalue weighted by Crippen LogP contribution is 2.29. The van der Waals surface area contributed by atoms with Crippen LogP contribution in [0.1, 0.15) is 24.5 Å². The normalized spacial score (nSPS) is 10.8. The fourth-order valence-corrected chi connectivity index (χ4v) is 2.55. The number of carbonyl (C=O) groups is 1. The molecule has 2 aromatic rings. The molecule has 6 nitrogen and oxygen atoms in total. The molecule has 2 rings (SSSR count). The quantitative estimate of drug-likeness (QED) is 0.379. The third-order valence-electron chi connectivity index (χ3n) is 3.92. The van der Waals surface area contributed by atoms with E-state index in [1.54, 1.807) is 24.3 Å². The fourth-order valence-electron chi connectivity index (χ4n) is 2.55. The summed E-state index contributed by atoms with van der Waals surface area (Å²) in [6.45, 7) is 2.84. The second-order valence-corrected chi connectivity index (χ2v) is 5.98. The minimum Gasteiger partial charge on any atom is -0.493 e. The Kier molecular flexibility index (Phi) is 7.92. The summed E-state index contributed by atoms with van der Waals surface area (Å²) in [4.78, 5) is 10.9. The van der Waals surface area contributed by atoms with Crippen LogP contribution < -0.4 is 14.2 Å². The largest absolute Gasteiger partial charge is 0.493 e. The first-order valence-electron chi connectivity index (χ1n) is 8.95. The molecule has 6 heteroatoms. The van der Waals surface area contributed by atoms with Crippen LogP contribution in [0.15, 0.2) is 48.0 Å². The zero-order chi connectivity index (χ0) is 20.4. The first kappa shape index (κ1) is 20.8. The molecule has 0 heterocycles. The summed E-state index contributed by atoms with van der Waals surface area (Å²) in [6, 6.07) is 14.6. The van der Waals surface area contributed by atoms with Gasteiger partial charge in [-0.05, 0) is 47.9 Å². The van der Waals surface area contributed by atoms with Crippen molar-refractivity contribution in [1.29, 1.82) is 5.26 Å². The van der Waals surface area contributed by atoms with E-state index in [-0.39, 0.29) is 5.57 Å². The maximum absolute atomic E-state index is 10.9. The third kappa shape index (κ3) is 6.06. The van der Waals surface area contributed by atoms with Crippen molar-refractivity contribution in [3.05, 3.63) is 59.2 Å². The van der Waals surface area contributed by atoms with Crippen molar-refractivity contribution in [2.45, 2.75) is 19.8 Å². The number of hydrogen-bond donors (Lipinski definition) is 1. The van der Waals surface area contributed by atoms with Gasteiger partial charge in [0.05, 0.1) is 7.11 Å². The molecule has 0 aliphatic rings. The van der Waals surface area contributed by atoms with Crippen molar-refractivity contribution >= 4 is 12.0 Å². The van der Waals surface area contributed by atoms with E-state index in [1.807, 2.05) is 12.1 Å². The molecule has 0 radical (unpaired) electrons. The number of nitrogens with zero attached hydrogens (tertiary/aromatic N) is 1. The topological polar surface area (TPSA) is 88.8 Å². The van der Waals surface area contributed by atoms with Gasteiger partial charge < -0.3 is 19.3 Å². The molecular formula is C22H23NO5. The number of carboxylic acids is 1. The Bertz CT molecular complexity index is 865. The number of benzene rings is 2. The molecule has 1 N–H and O–H groups in total. The van der Waals surface area contributed by atoms with E-state index < -0.39 is 5.97 Å². The number of aliphatic carboxylic acids is 1. The molecule has 2 aromatic carbocycles. The van der Waals surface area contributed by atoms with Crippen molar-refractivity contribution < 1.29 is 24.1 Å². The second kappa shape index (κ2) is 10.6. The molecule has 0 aromatic heterocycles. The SMILES string of the molecule is CCCc1ccc(OCCOc2ccc(C=C(C#N)C(=O)O)cc2OC)cc1. The third-order valence-corrected chi connectivity index (χ3v) is 3.92. The van der Waals surface area contributed by atoms with Crippen molar-refractivity contribution in [3.63, 3.8) is 0 Å². The predicted octanol–water partition coefficient (Wildman–Crippen LogP) is 4.10. The van der Waals surface area contributed by atoms with Gasteiger partial charge in [-0.25, -0.2) is 4.79 Å². The summed E-state index contributed by atoms with van der Waals surface area (Å²) in [7, 11) is 1.49. The molecule has 146 valence electrons. The molecule has 0 saturated heterocycles. The summed E-state index contributed by atoms with van der Waals surface area (Å²) in [5.41, 5.74) is 1.47. The molecular weight excluding hydrogens is 358 g/mol. The first-order chi connectivity index (χ1) is 13.6. The van der Waals surface area contributed by atoms with Crippen LogP contribution in [0.25, 0.3) is 6.08 Å². The number of carboxylic acid groups (broad SMARTS) is 1. The van der Waals surface area contributed by atoms with Crippen LogP contribution in [0.3, 0.4) is 0 Å². The van der Waals surface area contributed by atoms with Crippen LogP contribution in [0, 0.1) is 11.3 Å². The van der Waals surface area contributed by atoms with Crippen LogP contribution in [-0.4, -0.2) is 31.4 Å². The molecule has 0 saturated carbocycles. The molecule has 0 bridgehead atoms. The van der Waals surface area contributed by atoms with Gasteiger partial charge in [0, 0.05) is 0 Å². The van der Waals surface area contributed by atoms with Gasteiger partial charge in [-0.1, -0.05) is 31.5 Å². The lowest BCUT2D eigenvalue weighted by molar-refractivity contribution is -0.132. The van der Waals surface area contributed by atoms with Crippen molar-refractivity contribution in [2.75, 3.05) is 20.3 Å². The minimum absolute atomic E-state index is 0.320. The van der Waals surface area contributed by atoms with E-state index in [2.05, 4.69) is 19.1 Å². The van der Waals surface area contributed by atoms with Crippen molar-refractivity contribution in [1.82, 2.24) is 0 Å². The Balaban J connectivity index is 1.93. The van der Waals surface area contributed by atoms with E-state index in [9.17, 15) is 4.79 Å². The van der Waals surface area contributed by atoms with E-state index >= 15 is 0 Å². The van der Waals surface area contributed by atoms with Crippen LogP contribution in [-0.2, 0) is 11.2 Å². The average molecular weight is 381 g/mol. The van der Waals surface area contributed by atoms with Crippen molar-refractivity contribution in [2.24, 2.45) is 0 Å². The van der Waals surface area contributed by atoms with Gasteiger partial charge in [0.1, 0.15) is 30.6 Å². The average Bonchev–Trinajstić information content (AvgIpc) is 2.71. The summed E-state index contributed by atoms with van der Waals surface area (Å²) in [5, 5.41) is 17.8. The maximum Gasteiger partial charge on any atom is 0.346 e. The lowest BCUT2D eigenvalue weighted by Gasteiger charge is -2.12. The lowest BCUT2D eigenvalue weighted by Crippen LogP contribution is -2.09. The van der Waals surface area contributed by atoms with E-state index in [0.29, 0.717) is 30.3 Å². The number of hydrogen-bond acceptors (Lipinski definition) is 5. The Morgan fingerprint density at radius 3 is 2.43 bits per heavy atom. The maximum atomic E-state index is 10.9. The molecule has 0 aliphatic carbocycles. The van der Waals surface area contributed by atoms with E-state index in [0.717, 1.165) is 18.6 Å². The molecule has 28 heavy (non-hydrogen) atoms. The number of ether oxygens (including phenoxy) is 3. The zero-order valence-corrected chi connectivity index (χ0v) is 16.0. The molecule has 0 atom stereocenters. The minimum atomic E-state index is -1.28. The number of methoxy groups -OCH3 is 1. The molecule has 0 unspecified atom stereocenters. The highest BCUT2D eigenvalue weighted by Gasteiger charge is 2.09. The molecule has 0 fully saturated rings. The Morgan fingerprint density at radius 1 is 1.11 bits per heavy atom. The standard InChI is InChI=1S/C22H23NO5/c1-3-4-16-5-8-19(9-6-16)27-11-12-28-20-10-7-17(14-21(20)26-2)13-18(15-23)22(24)25/h5-10,13-14H,3-4,11-12H2,1-2H3,(H,24,25). The predicted molar refractivity (Wildman–Crippen MR) is 106 cm³/mol. The highest BCUT2D eigenvalue weighted by molar-refractivity contribution is 5.96. The van der Waals surface area contributed by atoms with E-state index in [4.69, 9.17) is 24.6 Å². The Morgan fingerprint density at radius 2 is 1.82 bits per heavy atom.